The van der Waals surface area contributed by atoms with Gasteiger partial charge in [-0.15, -0.1) is 0 Å². The molecule has 2 aromatic rings. The summed E-state index contributed by atoms with van der Waals surface area (Å²) in [6, 6.07) is 15.5. The van der Waals surface area contributed by atoms with E-state index in [2.05, 4.69) is 5.32 Å². The number of carboxylic acids is 1. The molecule has 132 valence electrons. The molecule has 1 amide bonds. The third-order valence-corrected chi connectivity index (χ3v) is 3.55. The van der Waals surface area contributed by atoms with Crippen molar-refractivity contribution in [2.24, 2.45) is 0 Å². The number of amides is 1. The second-order valence-corrected chi connectivity index (χ2v) is 6.14. The normalized spacial score (nSPS) is 11.8. The zero-order valence-electron chi connectivity index (χ0n) is 14.4. The SMILES string of the molecule is CC(C)Oc1cccc(CC(=O)NC(Cc2ccccc2)C(=O)O)c1. The molecule has 0 aliphatic carbocycles. The smallest absolute Gasteiger partial charge is 0.326 e. The second-order valence-electron chi connectivity index (χ2n) is 6.14. The molecular weight excluding hydrogens is 318 g/mol. The van der Waals surface area contributed by atoms with Gasteiger partial charge in [0.05, 0.1) is 12.5 Å². The molecule has 2 rings (SSSR count). The van der Waals surface area contributed by atoms with Gasteiger partial charge >= 0.3 is 5.97 Å². The molecule has 0 heterocycles. The van der Waals surface area contributed by atoms with Crippen molar-refractivity contribution in [3.05, 3.63) is 65.7 Å². The maximum Gasteiger partial charge on any atom is 0.326 e. The Labute approximate surface area is 147 Å². The first-order valence-electron chi connectivity index (χ1n) is 8.25. The van der Waals surface area contributed by atoms with Crippen LogP contribution in [0.1, 0.15) is 25.0 Å². The Bertz CT molecular complexity index is 713. The molecule has 5 heteroatoms. The molecular formula is C20H23NO4. The molecule has 25 heavy (non-hydrogen) atoms. The van der Waals surface area contributed by atoms with Crippen molar-refractivity contribution in [2.45, 2.75) is 38.8 Å². The van der Waals surface area contributed by atoms with Crippen LogP contribution in [0.2, 0.25) is 0 Å². The number of carboxylic acid groups (broad SMARTS) is 1. The van der Waals surface area contributed by atoms with Crippen LogP contribution in [0.5, 0.6) is 5.75 Å². The lowest BCUT2D eigenvalue weighted by molar-refractivity contribution is -0.141. The number of hydrogen-bond donors (Lipinski definition) is 2. The molecule has 5 nitrogen and oxygen atoms in total. The third-order valence-electron chi connectivity index (χ3n) is 3.55. The van der Waals surface area contributed by atoms with Crippen LogP contribution in [0.4, 0.5) is 0 Å². The van der Waals surface area contributed by atoms with Gasteiger partial charge in [0.15, 0.2) is 0 Å². The Kier molecular flexibility index (Phi) is 6.57. The number of ether oxygens (including phenoxy) is 1. The first-order chi connectivity index (χ1) is 11.9. The highest BCUT2D eigenvalue weighted by molar-refractivity contribution is 5.85. The number of carbonyl (C=O) groups excluding carboxylic acids is 1. The fourth-order valence-electron chi connectivity index (χ4n) is 2.48. The van der Waals surface area contributed by atoms with Crippen LogP contribution in [0.25, 0.3) is 0 Å². The Hall–Kier alpha value is -2.82. The molecule has 0 radical (unpaired) electrons. The van der Waals surface area contributed by atoms with Crippen LogP contribution in [-0.2, 0) is 22.4 Å². The number of hydrogen-bond acceptors (Lipinski definition) is 3. The first-order valence-corrected chi connectivity index (χ1v) is 8.25. The molecule has 0 saturated carbocycles. The van der Waals surface area contributed by atoms with Gasteiger partial charge in [0, 0.05) is 6.42 Å². The summed E-state index contributed by atoms with van der Waals surface area (Å²) < 4.78 is 5.61. The number of benzene rings is 2. The van der Waals surface area contributed by atoms with Crippen molar-refractivity contribution in [3.63, 3.8) is 0 Å². The minimum absolute atomic E-state index is 0.0475. The fraction of sp³-hybridized carbons (Fsp3) is 0.300. The second kappa shape index (κ2) is 8.87. The number of aliphatic carboxylic acids is 1. The monoisotopic (exact) mass is 341 g/mol. The summed E-state index contributed by atoms with van der Waals surface area (Å²) in [5.74, 6) is -0.682. The molecule has 1 unspecified atom stereocenters. The van der Waals surface area contributed by atoms with Crippen LogP contribution in [0.15, 0.2) is 54.6 Å². The van der Waals surface area contributed by atoms with Gasteiger partial charge in [0.1, 0.15) is 11.8 Å². The Balaban J connectivity index is 1.98. The van der Waals surface area contributed by atoms with Gasteiger partial charge in [-0.1, -0.05) is 42.5 Å². The molecule has 1 atom stereocenters. The van der Waals surface area contributed by atoms with Gasteiger partial charge in [0.2, 0.25) is 5.91 Å². The Morgan fingerprint density at radius 1 is 1.04 bits per heavy atom. The Morgan fingerprint density at radius 2 is 1.72 bits per heavy atom. The lowest BCUT2D eigenvalue weighted by Gasteiger charge is -2.15. The van der Waals surface area contributed by atoms with Crippen molar-refractivity contribution >= 4 is 11.9 Å². The van der Waals surface area contributed by atoms with Crippen molar-refractivity contribution in [1.29, 1.82) is 0 Å². The van der Waals surface area contributed by atoms with Crippen LogP contribution in [0.3, 0.4) is 0 Å². The zero-order valence-corrected chi connectivity index (χ0v) is 14.4. The van der Waals surface area contributed by atoms with Crippen molar-refractivity contribution in [1.82, 2.24) is 5.32 Å². The fourth-order valence-corrected chi connectivity index (χ4v) is 2.48. The van der Waals surface area contributed by atoms with E-state index in [-0.39, 0.29) is 24.9 Å². The summed E-state index contributed by atoms with van der Waals surface area (Å²) in [4.78, 5) is 23.7. The molecule has 0 bridgehead atoms. The minimum Gasteiger partial charge on any atom is -0.491 e. The third kappa shape index (κ3) is 6.30. The van der Waals surface area contributed by atoms with Crippen molar-refractivity contribution in [3.8, 4) is 5.75 Å². The highest BCUT2D eigenvalue weighted by Crippen LogP contribution is 2.15. The Morgan fingerprint density at radius 3 is 2.36 bits per heavy atom. The van der Waals surface area contributed by atoms with Crippen LogP contribution in [-0.4, -0.2) is 29.1 Å². The van der Waals surface area contributed by atoms with Gasteiger partial charge in [-0.2, -0.15) is 0 Å². The molecule has 0 fully saturated rings. The molecule has 2 aromatic carbocycles. The summed E-state index contributed by atoms with van der Waals surface area (Å²) in [7, 11) is 0. The number of carbonyl (C=O) groups is 2. The van der Waals surface area contributed by atoms with Gasteiger partial charge in [-0.3, -0.25) is 4.79 Å². The van der Waals surface area contributed by atoms with Gasteiger partial charge in [-0.25, -0.2) is 4.79 Å². The molecule has 0 saturated heterocycles. The molecule has 2 N–H and O–H groups in total. The number of nitrogens with one attached hydrogen (secondary N) is 1. The summed E-state index contributed by atoms with van der Waals surface area (Å²) in [5.41, 5.74) is 1.64. The van der Waals surface area contributed by atoms with Crippen LogP contribution < -0.4 is 10.1 Å². The quantitative estimate of drug-likeness (QED) is 0.774. The van der Waals surface area contributed by atoms with E-state index in [1.165, 1.54) is 0 Å². The summed E-state index contributed by atoms with van der Waals surface area (Å²) in [6.45, 7) is 3.86. The maximum absolute atomic E-state index is 12.2. The van der Waals surface area contributed by atoms with E-state index in [4.69, 9.17) is 4.74 Å². The maximum atomic E-state index is 12.2. The van der Waals surface area contributed by atoms with Gasteiger partial charge in [0.25, 0.3) is 0 Å². The lowest BCUT2D eigenvalue weighted by Crippen LogP contribution is -2.43. The van der Waals surface area contributed by atoms with E-state index in [1.54, 1.807) is 6.07 Å². The minimum atomic E-state index is -1.05. The topological polar surface area (TPSA) is 75.6 Å². The summed E-state index contributed by atoms with van der Waals surface area (Å²) >= 11 is 0. The molecule has 0 spiro atoms. The predicted octanol–water partition coefficient (Wildman–Crippen LogP) is 2.83. The highest BCUT2D eigenvalue weighted by Gasteiger charge is 2.20. The average molecular weight is 341 g/mol. The van der Waals surface area contributed by atoms with E-state index in [0.717, 1.165) is 11.1 Å². The van der Waals surface area contributed by atoms with Crippen molar-refractivity contribution < 1.29 is 19.4 Å². The van der Waals surface area contributed by atoms with Gasteiger partial charge in [-0.05, 0) is 37.1 Å². The standard InChI is InChI=1S/C20H23NO4/c1-14(2)25-17-10-6-9-16(11-17)13-19(22)21-18(20(23)24)12-15-7-4-3-5-8-15/h3-11,14,18H,12-13H2,1-2H3,(H,21,22)(H,23,24). The highest BCUT2D eigenvalue weighted by atomic mass is 16.5. The van der Waals surface area contributed by atoms with Crippen LogP contribution >= 0.6 is 0 Å². The van der Waals surface area contributed by atoms with E-state index in [0.29, 0.717) is 5.75 Å². The largest absolute Gasteiger partial charge is 0.491 e. The molecule has 0 aliphatic heterocycles. The zero-order chi connectivity index (χ0) is 18.2. The predicted molar refractivity (Wildman–Crippen MR) is 95.6 cm³/mol. The van der Waals surface area contributed by atoms with Crippen LogP contribution in [0, 0.1) is 0 Å². The first kappa shape index (κ1) is 18.5. The molecule has 0 aromatic heterocycles. The van der Waals surface area contributed by atoms with Gasteiger partial charge < -0.3 is 15.2 Å². The van der Waals surface area contributed by atoms with E-state index < -0.39 is 12.0 Å². The summed E-state index contributed by atoms with van der Waals surface area (Å²) in [6.07, 6.45) is 0.401. The van der Waals surface area contributed by atoms with E-state index >= 15 is 0 Å². The van der Waals surface area contributed by atoms with E-state index in [1.807, 2.05) is 62.4 Å². The molecule has 0 aliphatic rings. The van der Waals surface area contributed by atoms with E-state index in [9.17, 15) is 14.7 Å². The van der Waals surface area contributed by atoms with Crippen molar-refractivity contribution in [2.75, 3.05) is 0 Å². The number of rotatable bonds is 8. The summed E-state index contributed by atoms with van der Waals surface area (Å²) in [5, 5.41) is 12.0. The lowest BCUT2D eigenvalue weighted by atomic mass is 10.1. The average Bonchev–Trinajstić information content (AvgIpc) is 2.54.